The van der Waals surface area contributed by atoms with E-state index < -0.39 is 0 Å². The molecular weight excluding hydrogens is 164 g/mol. The molecule has 3 heteroatoms. The number of rotatable bonds is 1. The quantitative estimate of drug-likeness (QED) is 0.661. The van der Waals surface area contributed by atoms with Crippen LogP contribution in [0.5, 0.6) is 0 Å². The maximum absolute atomic E-state index is 5.83. The molecule has 2 unspecified atom stereocenters. The Morgan fingerprint density at radius 1 is 1.54 bits per heavy atom. The van der Waals surface area contributed by atoms with E-state index in [1.165, 1.54) is 18.4 Å². The van der Waals surface area contributed by atoms with Crippen LogP contribution in [-0.4, -0.2) is 15.9 Å². The highest BCUT2D eigenvalue weighted by Crippen LogP contribution is 2.30. The van der Waals surface area contributed by atoms with Crippen LogP contribution in [0, 0.1) is 0 Å². The third-order valence-electron chi connectivity index (χ3n) is 2.57. The number of ether oxygens (including phenoxy) is 1. The summed E-state index contributed by atoms with van der Waals surface area (Å²) >= 11 is 0. The van der Waals surface area contributed by atoms with Gasteiger partial charge in [0.2, 0.25) is 0 Å². The number of hydrogen-bond acceptors (Lipinski definition) is 2. The molecule has 1 aromatic heterocycles. The Labute approximate surface area is 78.7 Å². The number of hydrogen-bond donors (Lipinski definition) is 0. The van der Waals surface area contributed by atoms with Crippen LogP contribution in [0.25, 0.3) is 0 Å². The average molecular weight is 180 g/mol. The first-order valence-electron chi connectivity index (χ1n) is 4.89. The SMILES string of the molecule is CC1CCCC(c2cnn(C)c2)O1. The zero-order valence-corrected chi connectivity index (χ0v) is 8.23. The van der Waals surface area contributed by atoms with Crippen molar-refractivity contribution in [3.05, 3.63) is 18.0 Å². The van der Waals surface area contributed by atoms with E-state index in [0.29, 0.717) is 6.10 Å². The normalized spacial score (nSPS) is 29.1. The molecular formula is C10H16N2O. The highest BCUT2D eigenvalue weighted by atomic mass is 16.5. The third kappa shape index (κ3) is 1.91. The van der Waals surface area contributed by atoms with Crippen LogP contribution in [-0.2, 0) is 11.8 Å². The van der Waals surface area contributed by atoms with E-state index in [0.717, 1.165) is 6.42 Å². The molecule has 1 fully saturated rings. The predicted octanol–water partition coefficient (Wildman–Crippen LogP) is 2.05. The minimum Gasteiger partial charge on any atom is -0.370 e. The van der Waals surface area contributed by atoms with Crippen LogP contribution >= 0.6 is 0 Å². The van der Waals surface area contributed by atoms with Crippen molar-refractivity contribution in [3.8, 4) is 0 Å². The molecule has 1 aromatic rings. The van der Waals surface area contributed by atoms with Crippen molar-refractivity contribution in [2.45, 2.75) is 38.4 Å². The summed E-state index contributed by atoms with van der Waals surface area (Å²) in [6, 6.07) is 0. The largest absolute Gasteiger partial charge is 0.370 e. The second-order valence-corrected chi connectivity index (χ2v) is 3.81. The highest BCUT2D eigenvalue weighted by Gasteiger charge is 2.21. The fraction of sp³-hybridized carbons (Fsp3) is 0.700. The molecule has 0 aromatic carbocycles. The Morgan fingerprint density at radius 3 is 3.00 bits per heavy atom. The fourth-order valence-corrected chi connectivity index (χ4v) is 1.86. The maximum atomic E-state index is 5.83. The van der Waals surface area contributed by atoms with Gasteiger partial charge >= 0.3 is 0 Å². The molecule has 0 amide bonds. The molecule has 0 saturated carbocycles. The van der Waals surface area contributed by atoms with Crippen LogP contribution in [0.1, 0.15) is 37.9 Å². The zero-order chi connectivity index (χ0) is 9.26. The zero-order valence-electron chi connectivity index (χ0n) is 8.23. The molecule has 0 spiro atoms. The summed E-state index contributed by atoms with van der Waals surface area (Å²) < 4.78 is 7.66. The molecule has 2 atom stereocenters. The van der Waals surface area contributed by atoms with Crippen LogP contribution in [0.3, 0.4) is 0 Å². The number of aromatic nitrogens is 2. The molecule has 1 saturated heterocycles. The molecule has 72 valence electrons. The first-order valence-corrected chi connectivity index (χ1v) is 4.89. The van der Waals surface area contributed by atoms with E-state index in [2.05, 4.69) is 12.0 Å². The lowest BCUT2D eigenvalue weighted by molar-refractivity contribution is -0.0414. The molecule has 0 aliphatic carbocycles. The van der Waals surface area contributed by atoms with Crippen molar-refractivity contribution >= 4 is 0 Å². The van der Waals surface area contributed by atoms with E-state index in [-0.39, 0.29) is 6.10 Å². The summed E-state index contributed by atoms with van der Waals surface area (Å²) in [6.45, 7) is 2.14. The predicted molar refractivity (Wildman–Crippen MR) is 50.3 cm³/mol. The topological polar surface area (TPSA) is 27.1 Å². The molecule has 2 rings (SSSR count). The first kappa shape index (κ1) is 8.75. The maximum Gasteiger partial charge on any atom is 0.0859 e. The van der Waals surface area contributed by atoms with Gasteiger partial charge in [0.25, 0.3) is 0 Å². The van der Waals surface area contributed by atoms with Gasteiger partial charge in [-0.1, -0.05) is 0 Å². The summed E-state index contributed by atoms with van der Waals surface area (Å²) in [6.07, 6.45) is 8.22. The highest BCUT2D eigenvalue weighted by molar-refractivity contribution is 5.08. The Morgan fingerprint density at radius 2 is 2.38 bits per heavy atom. The molecule has 1 aliphatic rings. The van der Waals surface area contributed by atoms with Gasteiger partial charge in [-0.25, -0.2) is 0 Å². The van der Waals surface area contributed by atoms with Crippen molar-refractivity contribution < 1.29 is 4.74 Å². The lowest BCUT2D eigenvalue weighted by Gasteiger charge is -2.26. The fourth-order valence-electron chi connectivity index (χ4n) is 1.86. The number of aryl methyl sites for hydroxylation is 1. The van der Waals surface area contributed by atoms with Crippen molar-refractivity contribution in [1.82, 2.24) is 9.78 Å². The van der Waals surface area contributed by atoms with E-state index in [9.17, 15) is 0 Å². The van der Waals surface area contributed by atoms with Gasteiger partial charge in [-0.15, -0.1) is 0 Å². The van der Waals surface area contributed by atoms with Crippen molar-refractivity contribution in [3.63, 3.8) is 0 Å². The summed E-state index contributed by atoms with van der Waals surface area (Å²) in [4.78, 5) is 0. The van der Waals surface area contributed by atoms with Gasteiger partial charge in [0.05, 0.1) is 18.4 Å². The third-order valence-corrected chi connectivity index (χ3v) is 2.57. The average Bonchev–Trinajstić information content (AvgIpc) is 2.52. The standard InChI is InChI=1S/C10H16N2O/c1-8-4-3-5-10(13-8)9-6-11-12(2)7-9/h6-8,10H,3-5H2,1-2H3. The number of nitrogens with zero attached hydrogens (tertiary/aromatic N) is 2. The first-order chi connectivity index (χ1) is 6.25. The van der Waals surface area contributed by atoms with Gasteiger partial charge in [0.1, 0.15) is 0 Å². The van der Waals surface area contributed by atoms with Crippen LogP contribution in [0.4, 0.5) is 0 Å². The van der Waals surface area contributed by atoms with Gasteiger partial charge < -0.3 is 4.74 Å². The summed E-state index contributed by atoms with van der Waals surface area (Å²) in [5.41, 5.74) is 1.22. The van der Waals surface area contributed by atoms with E-state index in [1.807, 2.05) is 24.1 Å². The Hall–Kier alpha value is -0.830. The van der Waals surface area contributed by atoms with Crippen molar-refractivity contribution in [1.29, 1.82) is 0 Å². The van der Waals surface area contributed by atoms with Gasteiger partial charge in [-0.2, -0.15) is 5.10 Å². The van der Waals surface area contributed by atoms with Crippen LogP contribution in [0.15, 0.2) is 12.4 Å². The lowest BCUT2D eigenvalue weighted by atomic mass is 10.0. The van der Waals surface area contributed by atoms with Gasteiger partial charge in [-0.3, -0.25) is 4.68 Å². The lowest BCUT2D eigenvalue weighted by Crippen LogP contribution is -2.18. The second-order valence-electron chi connectivity index (χ2n) is 3.81. The Kier molecular flexibility index (Phi) is 2.36. The molecule has 13 heavy (non-hydrogen) atoms. The molecule has 3 nitrogen and oxygen atoms in total. The smallest absolute Gasteiger partial charge is 0.0859 e. The molecule has 2 heterocycles. The molecule has 0 bridgehead atoms. The molecule has 0 N–H and O–H groups in total. The summed E-state index contributed by atoms with van der Waals surface area (Å²) in [5, 5.41) is 4.15. The van der Waals surface area contributed by atoms with E-state index >= 15 is 0 Å². The van der Waals surface area contributed by atoms with Crippen LogP contribution in [0.2, 0.25) is 0 Å². The van der Waals surface area contributed by atoms with Crippen molar-refractivity contribution in [2.24, 2.45) is 7.05 Å². The van der Waals surface area contributed by atoms with Crippen LogP contribution < -0.4 is 0 Å². The minimum absolute atomic E-state index is 0.275. The van der Waals surface area contributed by atoms with Gasteiger partial charge in [0.15, 0.2) is 0 Å². The molecule has 0 radical (unpaired) electrons. The van der Waals surface area contributed by atoms with Crippen molar-refractivity contribution in [2.75, 3.05) is 0 Å². The second kappa shape index (κ2) is 3.50. The van der Waals surface area contributed by atoms with Gasteiger partial charge in [0, 0.05) is 18.8 Å². The van der Waals surface area contributed by atoms with E-state index in [1.54, 1.807) is 0 Å². The summed E-state index contributed by atoms with van der Waals surface area (Å²) in [7, 11) is 1.94. The van der Waals surface area contributed by atoms with E-state index in [4.69, 9.17) is 4.74 Å². The summed E-state index contributed by atoms with van der Waals surface area (Å²) in [5.74, 6) is 0. The van der Waals surface area contributed by atoms with Gasteiger partial charge in [-0.05, 0) is 26.2 Å². The monoisotopic (exact) mass is 180 g/mol. The Bertz CT molecular complexity index is 282. The minimum atomic E-state index is 0.275. The Balaban J connectivity index is 2.08. The molecule has 1 aliphatic heterocycles.